The van der Waals surface area contributed by atoms with Crippen molar-refractivity contribution < 1.29 is 9.18 Å². The predicted octanol–water partition coefficient (Wildman–Crippen LogP) is 5.67. The van der Waals surface area contributed by atoms with Gasteiger partial charge in [0.1, 0.15) is 5.82 Å². The molecular formula is C21H22ClFN4OS2. The molecule has 0 saturated carbocycles. The quantitative estimate of drug-likeness (QED) is 0.477. The smallest absolute Gasteiger partial charge is 0.234 e. The maximum absolute atomic E-state index is 13.3. The van der Waals surface area contributed by atoms with Crippen LogP contribution in [-0.2, 0) is 24.2 Å². The van der Waals surface area contributed by atoms with Gasteiger partial charge in [-0.2, -0.15) is 0 Å². The molecule has 1 unspecified atom stereocenters. The second-order valence-corrected chi connectivity index (χ2v) is 9.73. The SMILES string of the molecule is CCn1c(SCC(=O)Nc2ccc(F)c(Cl)c2)nnc1-c1csc2c1CCC(C)C2. The zero-order chi connectivity index (χ0) is 21.3. The van der Waals surface area contributed by atoms with E-state index in [9.17, 15) is 9.18 Å². The normalized spacial score (nSPS) is 15.8. The molecule has 1 atom stereocenters. The number of halogens is 2. The highest BCUT2D eigenvalue weighted by Crippen LogP contribution is 2.38. The molecule has 1 aliphatic carbocycles. The number of nitrogens with zero attached hydrogens (tertiary/aromatic N) is 3. The van der Waals surface area contributed by atoms with Crippen molar-refractivity contribution in [3.63, 3.8) is 0 Å². The fourth-order valence-corrected chi connectivity index (χ4v) is 5.87. The molecule has 1 amide bonds. The van der Waals surface area contributed by atoms with Crippen LogP contribution < -0.4 is 5.32 Å². The van der Waals surface area contributed by atoms with Crippen molar-refractivity contribution in [2.45, 2.75) is 44.8 Å². The number of thiophene rings is 1. The van der Waals surface area contributed by atoms with Gasteiger partial charge < -0.3 is 9.88 Å². The molecule has 4 rings (SSSR count). The highest BCUT2D eigenvalue weighted by molar-refractivity contribution is 7.99. The van der Waals surface area contributed by atoms with Crippen molar-refractivity contribution in [1.29, 1.82) is 0 Å². The molecule has 1 aliphatic rings. The molecule has 158 valence electrons. The Morgan fingerprint density at radius 2 is 2.27 bits per heavy atom. The molecule has 5 nitrogen and oxygen atoms in total. The van der Waals surface area contributed by atoms with Gasteiger partial charge >= 0.3 is 0 Å². The van der Waals surface area contributed by atoms with Crippen LogP contribution in [0.2, 0.25) is 5.02 Å². The second kappa shape index (κ2) is 9.08. The Morgan fingerprint density at radius 3 is 3.03 bits per heavy atom. The van der Waals surface area contributed by atoms with Crippen LogP contribution in [0.25, 0.3) is 11.4 Å². The zero-order valence-corrected chi connectivity index (χ0v) is 19.1. The van der Waals surface area contributed by atoms with Crippen molar-refractivity contribution in [3.05, 3.63) is 44.9 Å². The van der Waals surface area contributed by atoms with E-state index in [2.05, 4.69) is 39.3 Å². The summed E-state index contributed by atoms with van der Waals surface area (Å²) in [6, 6.07) is 4.11. The largest absolute Gasteiger partial charge is 0.325 e. The first-order chi connectivity index (χ1) is 14.5. The van der Waals surface area contributed by atoms with Crippen molar-refractivity contribution in [1.82, 2.24) is 14.8 Å². The Labute approximate surface area is 188 Å². The summed E-state index contributed by atoms with van der Waals surface area (Å²) in [5, 5.41) is 14.4. The second-order valence-electron chi connectivity index (χ2n) is 7.42. The Kier molecular flexibility index (Phi) is 6.46. The Hall–Kier alpha value is -1.90. The van der Waals surface area contributed by atoms with E-state index in [1.54, 1.807) is 0 Å². The summed E-state index contributed by atoms with van der Waals surface area (Å²) in [7, 11) is 0. The van der Waals surface area contributed by atoms with E-state index in [0.717, 1.165) is 31.1 Å². The maximum Gasteiger partial charge on any atom is 0.234 e. The van der Waals surface area contributed by atoms with E-state index in [1.165, 1.54) is 52.4 Å². The summed E-state index contributed by atoms with van der Waals surface area (Å²) in [4.78, 5) is 13.8. The topological polar surface area (TPSA) is 59.8 Å². The van der Waals surface area contributed by atoms with Crippen LogP contribution in [-0.4, -0.2) is 26.4 Å². The van der Waals surface area contributed by atoms with Gasteiger partial charge in [0, 0.05) is 28.1 Å². The van der Waals surface area contributed by atoms with E-state index < -0.39 is 5.82 Å². The van der Waals surface area contributed by atoms with Gasteiger partial charge in [-0.3, -0.25) is 4.79 Å². The summed E-state index contributed by atoms with van der Waals surface area (Å²) in [5.41, 5.74) is 3.04. The molecule has 9 heteroatoms. The van der Waals surface area contributed by atoms with Crippen LogP contribution in [0.1, 0.15) is 30.7 Å². The Morgan fingerprint density at radius 1 is 1.43 bits per heavy atom. The molecule has 2 aromatic heterocycles. The fraction of sp³-hybridized carbons (Fsp3) is 0.381. The molecule has 0 saturated heterocycles. The van der Waals surface area contributed by atoms with Gasteiger partial charge in [0.05, 0.1) is 10.8 Å². The van der Waals surface area contributed by atoms with Crippen LogP contribution in [0.3, 0.4) is 0 Å². The number of hydrogen-bond acceptors (Lipinski definition) is 5. The lowest BCUT2D eigenvalue weighted by molar-refractivity contribution is -0.113. The lowest BCUT2D eigenvalue weighted by Gasteiger charge is -2.19. The first-order valence-corrected chi connectivity index (χ1v) is 12.1. The van der Waals surface area contributed by atoms with Crippen molar-refractivity contribution in [2.24, 2.45) is 5.92 Å². The standard InChI is InChI=1S/C21H22ClFN4OS2/c1-3-27-20(15-10-29-18-8-12(2)4-6-14(15)18)25-26-21(27)30-11-19(28)24-13-5-7-17(23)16(22)9-13/h5,7,9-10,12H,3-4,6,8,11H2,1-2H3,(H,24,28). The van der Waals surface area contributed by atoms with E-state index in [-0.39, 0.29) is 16.7 Å². The molecule has 0 fully saturated rings. The number of benzene rings is 1. The highest BCUT2D eigenvalue weighted by Gasteiger charge is 2.24. The van der Waals surface area contributed by atoms with Gasteiger partial charge in [-0.15, -0.1) is 21.5 Å². The van der Waals surface area contributed by atoms with Crippen molar-refractivity contribution in [3.8, 4) is 11.4 Å². The van der Waals surface area contributed by atoms with Gasteiger partial charge in [0.2, 0.25) is 5.91 Å². The summed E-state index contributed by atoms with van der Waals surface area (Å²) in [6.45, 7) is 5.08. The van der Waals surface area contributed by atoms with Gasteiger partial charge in [0.15, 0.2) is 11.0 Å². The van der Waals surface area contributed by atoms with Gasteiger partial charge in [0.25, 0.3) is 0 Å². The number of thioether (sulfide) groups is 1. The third-order valence-electron chi connectivity index (χ3n) is 5.21. The molecule has 2 heterocycles. The zero-order valence-electron chi connectivity index (χ0n) is 16.7. The summed E-state index contributed by atoms with van der Waals surface area (Å²) in [5.74, 6) is 1.05. The highest BCUT2D eigenvalue weighted by atomic mass is 35.5. The first kappa shape index (κ1) is 21.3. The van der Waals surface area contributed by atoms with E-state index in [4.69, 9.17) is 11.6 Å². The lowest BCUT2D eigenvalue weighted by atomic mass is 9.88. The molecule has 0 radical (unpaired) electrons. The van der Waals surface area contributed by atoms with Crippen LogP contribution in [0.4, 0.5) is 10.1 Å². The lowest BCUT2D eigenvalue weighted by Crippen LogP contribution is -2.14. The number of amides is 1. The predicted molar refractivity (Wildman–Crippen MR) is 121 cm³/mol. The third-order valence-corrected chi connectivity index (χ3v) is 7.52. The van der Waals surface area contributed by atoms with E-state index >= 15 is 0 Å². The molecular weight excluding hydrogens is 443 g/mol. The van der Waals surface area contributed by atoms with Gasteiger partial charge in [-0.05, 0) is 55.9 Å². The molecule has 0 aliphatic heterocycles. The average Bonchev–Trinajstić information content (AvgIpc) is 3.31. The number of fused-ring (bicyclic) bond motifs is 1. The maximum atomic E-state index is 13.3. The number of anilines is 1. The number of hydrogen-bond donors (Lipinski definition) is 1. The number of carbonyl (C=O) groups is 1. The third kappa shape index (κ3) is 4.40. The first-order valence-electron chi connectivity index (χ1n) is 9.86. The monoisotopic (exact) mass is 464 g/mol. The summed E-state index contributed by atoms with van der Waals surface area (Å²) < 4.78 is 15.3. The van der Waals surface area contributed by atoms with Gasteiger partial charge in [-0.1, -0.05) is 30.3 Å². The van der Waals surface area contributed by atoms with Crippen LogP contribution in [0.15, 0.2) is 28.7 Å². The van der Waals surface area contributed by atoms with Gasteiger partial charge in [-0.25, -0.2) is 4.39 Å². The fourth-order valence-electron chi connectivity index (χ4n) is 3.65. The summed E-state index contributed by atoms with van der Waals surface area (Å²) in [6.07, 6.45) is 3.42. The molecule has 0 bridgehead atoms. The minimum atomic E-state index is -0.516. The number of carbonyl (C=O) groups excluding carboxylic acids is 1. The van der Waals surface area contributed by atoms with Crippen LogP contribution in [0, 0.1) is 11.7 Å². The van der Waals surface area contributed by atoms with E-state index in [0.29, 0.717) is 10.8 Å². The molecule has 30 heavy (non-hydrogen) atoms. The molecule has 0 spiro atoms. The minimum absolute atomic E-state index is 0.0238. The molecule has 1 aromatic carbocycles. The Balaban J connectivity index is 1.46. The molecule has 1 N–H and O–H groups in total. The van der Waals surface area contributed by atoms with E-state index in [1.807, 2.05) is 11.3 Å². The number of rotatable bonds is 6. The van der Waals surface area contributed by atoms with Crippen molar-refractivity contribution >= 4 is 46.3 Å². The minimum Gasteiger partial charge on any atom is -0.325 e. The van der Waals surface area contributed by atoms with Crippen LogP contribution in [0.5, 0.6) is 0 Å². The molecule has 3 aromatic rings. The Bertz CT molecular complexity index is 1080. The van der Waals surface area contributed by atoms with Crippen molar-refractivity contribution in [2.75, 3.05) is 11.1 Å². The average molecular weight is 465 g/mol. The van der Waals surface area contributed by atoms with Crippen LogP contribution >= 0.6 is 34.7 Å². The number of nitrogens with one attached hydrogen (secondary N) is 1. The summed E-state index contributed by atoms with van der Waals surface area (Å²) >= 11 is 8.91. The number of aromatic nitrogens is 3.